The topological polar surface area (TPSA) is 47.6 Å². The molecule has 0 amide bonds. The number of rotatable bonds is 2. The summed E-state index contributed by atoms with van der Waals surface area (Å²) in [5.74, 6) is -0.579. The Kier molecular flexibility index (Phi) is 5.08. The third-order valence-corrected chi connectivity index (χ3v) is 8.83. The molecule has 0 saturated heterocycles. The van der Waals surface area contributed by atoms with Gasteiger partial charge in [-0.2, -0.15) is 10.5 Å². The molecule has 42 heavy (non-hydrogen) atoms. The molecule has 0 saturated carbocycles. The summed E-state index contributed by atoms with van der Waals surface area (Å²) in [4.78, 5) is 0. The Labute approximate surface area is 243 Å². The molecule has 0 radical (unpaired) electrons. The van der Waals surface area contributed by atoms with E-state index in [-0.39, 0.29) is 5.56 Å². The van der Waals surface area contributed by atoms with E-state index in [1.807, 2.05) is 66.7 Å². The summed E-state index contributed by atoms with van der Waals surface area (Å²) in [5, 5.41) is 20.3. The molecule has 0 fully saturated rings. The molecule has 1 spiro atoms. The molecule has 3 heteroatoms. The van der Waals surface area contributed by atoms with Gasteiger partial charge in [-0.1, -0.05) is 109 Å². The zero-order valence-electron chi connectivity index (χ0n) is 22.4. The van der Waals surface area contributed by atoms with Crippen LogP contribution in [0.1, 0.15) is 33.4 Å². The second-order valence-corrected chi connectivity index (χ2v) is 10.8. The zero-order chi connectivity index (χ0) is 28.4. The van der Waals surface area contributed by atoms with E-state index in [0.717, 1.165) is 50.1 Å². The largest absolute Gasteiger partial charge is 0.205 e. The van der Waals surface area contributed by atoms with Crippen molar-refractivity contribution in [2.24, 2.45) is 0 Å². The molecule has 6 aromatic rings. The van der Waals surface area contributed by atoms with Crippen LogP contribution >= 0.6 is 0 Å². The van der Waals surface area contributed by atoms with Crippen molar-refractivity contribution in [3.8, 4) is 56.6 Å². The van der Waals surface area contributed by atoms with Gasteiger partial charge in [0.15, 0.2) is 0 Å². The van der Waals surface area contributed by atoms with Crippen molar-refractivity contribution < 1.29 is 4.39 Å². The normalized spacial score (nSPS) is 13.0. The molecular weight excluding hydrogens is 515 g/mol. The van der Waals surface area contributed by atoms with E-state index in [2.05, 4.69) is 66.7 Å². The summed E-state index contributed by atoms with van der Waals surface area (Å²) in [6.45, 7) is 0. The monoisotopic (exact) mass is 536 g/mol. The highest BCUT2D eigenvalue weighted by Crippen LogP contribution is 2.64. The maximum Gasteiger partial charge on any atom is 0.149 e. The summed E-state index contributed by atoms with van der Waals surface area (Å²) < 4.78 is 16.3. The highest BCUT2D eigenvalue weighted by molar-refractivity contribution is 5.98. The van der Waals surface area contributed by atoms with E-state index in [0.29, 0.717) is 22.3 Å². The van der Waals surface area contributed by atoms with Gasteiger partial charge in [-0.15, -0.1) is 0 Å². The fourth-order valence-electron chi connectivity index (χ4n) is 7.14. The molecule has 0 unspecified atom stereocenters. The van der Waals surface area contributed by atoms with Gasteiger partial charge in [-0.25, -0.2) is 4.39 Å². The second kappa shape index (κ2) is 8.87. The number of fused-ring (bicyclic) bond motifs is 10. The Morgan fingerprint density at radius 1 is 0.476 bits per heavy atom. The highest BCUT2D eigenvalue weighted by atomic mass is 19.1. The van der Waals surface area contributed by atoms with Gasteiger partial charge in [0, 0.05) is 11.1 Å². The summed E-state index contributed by atoms with van der Waals surface area (Å²) in [7, 11) is 0. The smallest absolute Gasteiger partial charge is 0.149 e. The molecule has 2 aliphatic carbocycles. The SMILES string of the molecule is N#Cc1cc(C#N)c2c(c1F)-c1ccccc1C21c2cc(-c3ccccc3)ccc2-c2ccc(-c3ccccc3)cc21. The maximum absolute atomic E-state index is 16.3. The van der Waals surface area contributed by atoms with Gasteiger partial charge < -0.3 is 0 Å². The number of nitriles is 2. The van der Waals surface area contributed by atoms with Gasteiger partial charge in [-0.3, -0.25) is 0 Å². The van der Waals surface area contributed by atoms with Crippen LogP contribution < -0.4 is 0 Å². The third kappa shape index (κ3) is 3.06. The summed E-state index contributed by atoms with van der Waals surface area (Å²) in [6, 6.07) is 47.0. The minimum absolute atomic E-state index is 0.119. The van der Waals surface area contributed by atoms with E-state index >= 15 is 4.39 Å². The number of benzene rings is 6. The fourth-order valence-corrected chi connectivity index (χ4v) is 7.14. The highest BCUT2D eigenvalue weighted by Gasteiger charge is 2.54. The Morgan fingerprint density at radius 2 is 1.00 bits per heavy atom. The predicted molar refractivity (Wildman–Crippen MR) is 163 cm³/mol. The minimum Gasteiger partial charge on any atom is -0.205 e. The molecule has 0 N–H and O–H groups in total. The summed E-state index contributed by atoms with van der Waals surface area (Å²) in [5.41, 5.74) is 10.2. The van der Waals surface area contributed by atoms with Crippen molar-refractivity contribution in [1.82, 2.24) is 0 Å². The Balaban J connectivity index is 1.56. The van der Waals surface area contributed by atoms with Crippen LogP contribution in [-0.4, -0.2) is 0 Å². The van der Waals surface area contributed by atoms with E-state index in [1.54, 1.807) is 0 Å². The Bertz CT molecular complexity index is 2080. The molecule has 8 rings (SSSR count). The van der Waals surface area contributed by atoms with Crippen LogP contribution in [-0.2, 0) is 5.41 Å². The Morgan fingerprint density at radius 3 is 1.55 bits per heavy atom. The van der Waals surface area contributed by atoms with Crippen LogP contribution in [0.3, 0.4) is 0 Å². The fraction of sp³-hybridized carbons (Fsp3) is 0.0256. The molecule has 6 aromatic carbocycles. The third-order valence-electron chi connectivity index (χ3n) is 8.83. The van der Waals surface area contributed by atoms with Crippen molar-refractivity contribution >= 4 is 0 Å². The predicted octanol–water partition coefficient (Wildman–Crippen LogP) is 9.25. The van der Waals surface area contributed by atoms with Crippen molar-refractivity contribution in [3.63, 3.8) is 0 Å². The van der Waals surface area contributed by atoms with Gasteiger partial charge in [0.25, 0.3) is 0 Å². The lowest BCUT2D eigenvalue weighted by molar-refractivity contribution is 0.624. The summed E-state index contributed by atoms with van der Waals surface area (Å²) in [6.07, 6.45) is 0. The van der Waals surface area contributed by atoms with Gasteiger partial charge >= 0.3 is 0 Å². The average molecular weight is 537 g/mol. The number of hydrogen-bond donors (Lipinski definition) is 0. The lowest BCUT2D eigenvalue weighted by Gasteiger charge is -2.31. The zero-order valence-corrected chi connectivity index (χ0v) is 22.4. The first-order valence-electron chi connectivity index (χ1n) is 13.8. The van der Waals surface area contributed by atoms with E-state index in [9.17, 15) is 10.5 Å². The summed E-state index contributed by atoms with van der Waals surface area (Å²) >= 11 is 0. The standard InChI is InChI=1S/C39H21FN2/c40-38-29(23-42)19-28(22-41)37-36(38)32-13-7-8-14-33(32)39(37)34-20-26(24-9-3-1-4-10-24)15-17-30(34)31-18-16-27(21-35(31)39)25-11-5-2-6-12-25/h1-21H. The van der Waals surface area contributed by atoms with Crippen LogP contribution in [0.25, 0.3) is 44.5 Å². The van der Waals surface area contributed by atoms with Crippen molar-refractivity contribution in [2.45, 2.75) is 5.41 Å². The molecule has 0 heterocycles. The lowest BCUT2D eigenvalue weighted by Crippen LogP contribution is -2.27. The van der Waals surface area contributed by atoms with Crippen molar-refractivity contribution in [2.75, 3.05) is 0 Å². The number of halogens is 1. The average Bonchev–Trinajstić information content (AvgIpc) is 3.53. The first-order valence-corrected chi connectivity index (χ1v) is 13.8. The van der Waals surface area contributed by atoms with Crippen molar-refractivity contribution in [1.29, 1.82) is 10.5 Å². The molecule has 0 atom stereocenters. The van der Waals surface area contributed by atoms with Gasteiger partial charge in [0.2, 0.25) is 0 Å². The van der Waals surface area contributed by atoms with Crippen molar-refractivity contribution in [3.05, 3.63) is 167 Å². The minimum atomic E-state index is -0.938. The lowest BCUT2D eigenvalue weighted by atomic mass is 9.68. The van der Waals surface area contributed by atoms with E-state index in [4.69, 9.17) is 0 Å². The molecule has 2 aliphatic rings. The molecule has 0 aliphatic heterocycles. The van der Waals surface area contributed by atoms with Crippen LogP contribution in [0.2, 0.25) is 0 Å². The number of hydrogen-bond acceptors (Lipinski definition) is 2. The van der Waals surface area contributed by atoms with Crippen LogP contribution in [0.5, 0.6) is 0 Å². The van der Waals surface area contributed by atoms with Gasteiger partial charge in [-0.05, 0) is 73.8 Å². The molecule has 0 bridgehead atoms. The van der Waals surface area contributed by atoms with Gasteiger partial charge in [0.1, 0.15) is 11.9 Å². The van der Waals surface area contributed by atoms with Gasteiger partial charge in [0.05, 0.1) is 22.6 Å². The first kappa shape index (κ1) is 24.1. The second-order valence-electron chi connectivity index (χ2n) is 10.8. The molecule has 0 aromatic heterocycles. The van der Waals surface area contributed by atoms with Crippen LogP contribution in [0.4, 0.5) is 4.39 Å². The van der Waals surface area contributed by atoms with E-state index in [1.165, 1.54) is 6.07 Å². The van der Waals surface area contributed by atoms with Crippen LogP contribution in [0, 0.1) is 28.5 Å². The molecule has 194 valence electrons. The maximum atomic E-state index is 16.3. The first-order chi connectivity index (χ1) is 20.7. The molecule has 2 nitrogen and oxygen atoms in total. The quantitative estimate of drug-likeness (QED) is 0.221. The number of nitrogens with zero attached hydrogens (tertiary/aromatic N) is 2. The molecular formula is C39H21FN2. The van der Waals surface area contributed by atoms with Crippen LogP contribution in [0.15, 0.2) is 127 Å². The Hall–Kier alpha value is -5.77. The van der Waals surface area contributed by atoms with E-state index < -0.39 is 11.2 Å².